The van der Waals surface area contributed by atoms with Gasteiger partial charge >= 0.3 is 0 Å². The monoisotopic (exact) mass is 260 g/mol. The zero-order valence-electron chi connectivity index (χ0n) is 12.7. The van der Waals surface area contributed by atoms with E-state index in [0.717, 1.165) is 19.1 Å². The maximum absolute atomic E-state index is 3.65. The predicted molar refractivity (Wildman–Crippen MR) is 82.5 cm³/mol. The highest BCUT2D eigenvalue weighted by Crippen LogP contribution is 2.24. The first-order valence-corrected chi connectivity index (χ1v) is 7.78. The Labute approximate surface area is 118 Å². The molecule has 0 aromatic heterocycles. The fourth-order valence-electron chi connectivity index (χ4n) is 3.17. The Balaban J connectivity index is 2.05. The fraction of sp³-hybridized carbons (Fsp3) is 0.647. The van der Waals surface area contributed by atoms with Crippen molar-refractivity contribution in [3.63, 3.8) is 0 Å². The van der Waals surface area contributed by atoms with Crippen molar-refractivity contribution < 1.29 is 0 Å². The highest BCUT2D eigenvalue weighted by molar-refractivity contribution is 5.24. The lowest BCUT2D eigenvalue weighted by Crippen LogP contribution is -2.37. The largest absolute Gasteiger partial charge is 0.309 e. The minimum atomic E-state index is 0.470. The van der Waals surface area contributed by atoms with Crippen LogP contribution in [0.25, 0.3) is 0 Å². The summed E-state index contributed by atoms with van der Waals surface area (Å²) < 4.78 is 0. The van der Waals surface area contributed by atoms with Gasteiger partial charge in [0.25, 0.3) is 0 Å². The van der Waals surface area contributed by atoms with Gasteiger partial charge in [0, 0.05) is 18.6 Å². The van der Waals surface area contributed by atoms with E-state index in [9.17, 15) is 0 Å². The summed E-state index contributed by atoms with van der Waals surface area (Å²) in [5.74, 6) is 0. The topological polar surface area (TPSA) is 15.3 Å². The summed E-state index contributed by atoms with van der Waals surface area (Å²) in [6, 6.07) is 10.3. The lowest BCUT2D eigenvalue weighted by atomic mass is 10.0. The smallest absolute Gasteiger partial charge is 0.0449 e. The molecule has 1 aromatic carbocycles. The van der Waals surface area contributed by atoms with E-state index in [0.29, 0.717) is 6.04 Å². The van der Waals surface area contributed by atoms with Crippen molar-refractivity contribution in [2.45, 2.75) is 52.1 Å². The maximum atomic E-state index is 3.65. The summed E-state index contributed by atoms with van der Waals surface area (Å²) in [7, 11) is 0. The molecule has 1 heterocycles. The van der Waals surface area contributed by atoms with Gasteiger partial charge < -0.3 is 5.32 Å². The molecule has 0 radical (unpaired) electrons. The van der Waals surface area contributed by atoms with E-state index in [1.54, 1.807) is 0 Å². The van der Waals surface area contributed by atoms with Gasteiger partial charge in [0.15, 0.2) is 0 Å². The average molecular weight is 260 g/mol. The zero-order valence-corrected chi connectivity index (χ0v) is 12.7. The third kappa shape index (κ3) is 3.80. The van der Waals surface area contributed by atoms with Crippen molar-refractivity contribution in [3.8, 4) is 0 Å². The molecule has 1 aromatic rings. The number of benzene rings is 1. The minimum absolute atomic E-state index is 0.470. The summed E-state index contributed by atoms with van der Waals surface area (Å²) in [5.41, 5.74) is 2.76. The Morgan fingerprint density at radius 3 is 2.63 bits per heavy atom. The van der Waals surface area contributed by atoms with E-state index in [2.05, 4.69) is 55.3 Å². The van der Waals surface area contributed by atoms with Crippen LogP contribution in [0.3, 0.4) is 0 Å². The van der Waals surface area contributed by atoms with Gasteiger partial charge in [0.05, 0.1) is 0 Å². The molecule has 1 saturated heterocycles. The summed E-state index contributed by atoms with van der Waals surface area (Å²) >= 11 is 0. The van der Waals surface area contributed by atoms with Gasteiger partial charge in [-0.1, -0.05) is 43.7 Å². The van der Waals surface area contributed by atoms with Gasteiger partial charge in [-0.05, 0) is 44.8 Å². The lowest BCUT2D eigenvalue weighted by Gasteiger charge is -2.29. The Kier molecular flexibility index (Phi) is 5.41. The van der Waals surface area contributed by atoms with Crippen molar-refractivity contribution in [3.05, 3.63) is 35.4 Å². The molecule has 0 saturated carbocycles. The van der Waals surface area contributed by atoms with Gasteiger partial charge in [0.1, 0.15) is 0 Å². The zero-order chi connectivity index (χ0) is 13.7. The van der Waals surface area contributed by atoms with Gasteiger partial charge in [-0.3, -0.25) is 4.90 Å². The van der Waals surface area contributed by atoms with Crippen molar-refractivity contribution in [2.24, 2.45) is 0 Å². The summed E-state index contributed by atoms with van der Waals surface area (Å²) in [5, 5.41) is 3.65. The van der Waals surface area contributed by atoms with Crippen LogP contribution >= 0.6 is 0 Å². The van der Waals surface area contributed by atoms with Crippen molar-refractivity contribution in [1.82, 2.24) is 10.2 Å². The number of likely N-dealkylation sites (tertiary alicyclic amines) is 1. The molecule has 1 aliphatic rings. The number of nitrogens with one attached hydrogen (secondary N) is 1. The molecular weight excluding hydrogens is 232 g/mol. The van der Waals surface area contributed by atoms with E-state index >= 15 is 0 Å². The van der Waals surface area contributed by atoms with Crippen molar-refractivity contribution >= 4 is 0 Å². The molecule has 1 aliphatic heterocycles. The molecule has 19 heavy (non-hydrogen) atoms. The summed E-state index contributed by atoms with van der Waals surface area (Å²) in [4.78, 5) is 2.67. The van der Waals surface area contributed by atoms with Crippen molar-refractivity contribution in [2.75, 3.05) is 19.6 Å². The van der Waals surface area contributed by atoms with E-state index in [1.807, 2.05) is 0 Å². The molecule has 0 aliphatic carbocycles. The molecule has 0 bridgehead atoms. The second kappa shape index (κ2) is 7.06. The van der Waals surface area contributed by atoms with E-state index in [4.69, 9.17) is 0 Å². The first-order chi connectivity index (χ1) is 9.24. The number of rotatable bonds is 6. The number of nitrogens with zero attached hydrogens (tertiary/aromatic N) is 1. The quantitative estimate of drug-likeness (QED) is 0.842. The van der Waals surface area contributed by atoms with E-state index in [-0.39, 0.29) is 0 Å². The fourth-order valence-corrected chi connectivity index (χ4v) is 3.17. The van der Waals surface area contributed by atoms with Crippen LogP contribution in [0.1, 0.15) is 50.3 Å². The molecule has 2 nitrogen and oxygen atoms in total. The van der Waals surface area contributed by atoms with Gasteiger partial charge in [-0.15, -0.1) is 0 Å². The second-order valence-corrected chi connectivity index (χ2v) is 5.72. The molecule has 106 valence electrons. The molecule has 2 atom stereocenters. The summed E-state index contributed by atoms with van der Waals surface area (Å²) in [6.07, 6.45) is 4.03. The molecule has 2 unspecified atom stereocenters. The molecular formula is C17H28N2. The minimum Gasteiger partial charge on any atom is -0.309 e. The molecule has 0 spiro atoms. The number of hydrogen-bond acceptors (Lipinski definition) is 2. The number of aryl methyl sites for hydroxylation is 1. The van der Waals surface area contributed by atoms with Crippen LogP contribution in [0, 0.1) is 6.92 Å². The van der Waals surface area contributed by atoms with Gasteiger partial charge in [-0.25, -0.2) is 0 Å². The van der Waals surface area contributed by atoms with Gasteiger partial charge in [0.2, 0.25) is 0 Å². The number of likely N-dealkylation sites (N-methyl/N-ethyl adjacent to an activating group) is 1. The average Bonchev–Trinajstić information content (AvgIpc) is 2.86. The lowest BCUT2D eigenvalue weighted by molar-refractivity contribution is 0.221. The molecule has 1 fully saturated rings. The molecule has 0 amide bonds. The first kappa shape index (κ1) is 14.5. The van der Waals surface area contributed by atoms with Gasteiger partial charge in [-0.2, -0.15) is 0 Å². The van der Waals surface area contributed by atoms with E-state index in [1.165, 1.54) is 36.9 Å². The van der Waals surface area contributed by atoms with Crippen LogP contribution in [0.4, 0.5) is 0 Å². The summed E-state index contributed by atoms with van der Waals surface area (Å²) in [6.45, 7) is 10.1. The predicted octanol–water partition coefficient (Wildman–Crippen LogP) is 3.52. The standard InChI is InChI=1S/C17H28N2/c1-4-16-7-6-12-19(16)13-17(18-5-2)15-10-8-14(3)9-11-15/h8-11,16-18H,4-7,12-13H2,1-3H3. The van der Waals surface area contributed by atoms with E-state index < -0.39 is 0 Å². The Hall–Kier alpha value is -0.860. The second-order valence-electron chi connectivity index (χ2n) is 5.72. The molecule has 1 N–H and O–H groups in total. The van der Waals surface area contributed by atoms with Crippen LogP contribution in [-0.4, -0.2) is 30.6 Å². The Bertz CT molecular complexity index is 371. The third-order valence-electron chi connectivity index (χ3n) is 4.32. The van der Waals surface area contributed by atoms with Crippen LogP contribution in [0.15, 0.2) is 24.3 Å². The molecule has 2 rings (SSSR count). The normalized spacial score (nSPS) is 21.7. The Morgan fingerprint density at radius 2 is 2.00 bits per heavy atom. The third-order valence-corrected chi connectivity index (χ3v) is 4.32. The van der Waals surface area contributed by atoms with Crippen LogP contribution in [0.2, 0.25) is 0 Å². The molecule has 2 heteroatoms. The highest BCUT2D eigenvalue weighted by atomic mass is 15.2. The van der Waals surface area contributed by atoms with Crippen LogP contribution < -0.4 is 5.32 Å². The van der Waals surface area contributed by atoms with Crippen LogP contribution in [-0.2, 0) is 0 Å². The Morgan fingerprint density at radius 1 is 1.26 bits per heavy atom. The van der Waals surface area contributed by atoms with Crippen molar-refractivity contribution in [1.29, 1.82) is 0 Å². The van der Waals surface area contributed by atoms with Crippen LogP contribution in [0.5, 0.6) is 0 Å². The highest BCUT2D eigenvalue weighted by Gasteiger charge is 2.25. The number of hydrogen-bond donors (Lipinski definition) is 1. The maximum Gasteiger partial charge on any atom is 0.0449 e. The SMILES string of the molecule is CCNC(CN1CCCC1CC)c1ccc(C)cc1. The first-order valence-electron chi connectivity index (χ1n) is 7.78.